The van der Waals surface area contributed by atoms with Crippen molar-refractivity contribution < 1.29 is 18.3 Å². The monoisotopic (exact) mass is 367 g/mol. The number of carbonyl (C=O) groups is 1. The molecule has 0 saturated heterocycles. The van der Waals surface area contributed by atoms with Crippen molar-refractivity contribution in [1.29, 1.82) is 0 Å². The number of aromatic carboxylic acids is 1. The lowest BCUT2D eigenvalue weighted by molar-refractivity contribution is 0.0697. The minimum Gasteiger partial charge on any atom is -0.478 e. The number of hydrogen-bond donors (Lipinski definition) is 2. The van der Waals surface area contributed by atoms with Crippen molar-refractivity contribution in [3.63, 3.8) is 0 Å². The van der Waals surface area contributed by atoms with Crippen molar-refractivity contribution in [2.75, 3.05) is 4.72 Å². The Morgan fingerprint density at radius 3 is 2.61 bits per heavy atom. The average molecular weight is 368 g/mol. The first-order valence-corrected chi connectivity index (χ1v) is 9.14. The molecule has 8 heteroatoms. The molecule has 3 rings (SSSR count). The molecule has 0 atom stereocenters. The standard InChI is InChI=1S/C15H10ClNO4S2/c16-12-7-9(5-6-10(12)15(18)19)17-23(20,21)14-8-22-13-4-2-1-3-11(13)14/h1-8,17H,(H,18,19). The van der Waals surface area contributed by atoms with Crippen molar-refractivity contribution in [3.8, 4) is 0 Å². The topological polar surface area (TPSA) is 83.5 Å². The van der Waals surface area contributed by atoms with Crippen LogP contribution in [0.25, 0.3) is 10.1 Å². The normalized spacial score (nSPS) is 11.5. The Balaban J connectivity index is 1.98. The summed E-state index contributed by atoms with van der Waals surface area (Å²) in [6.45, 7) is 0. The van der Waals surface area contributed by atoms with Crippen molar-refractivity contribution in [2.24, 2.45) is 0 Å². The van der Waals surface area contributed by atoms with E-state index in [4.69, 9.17) is 16.7 Å². The smallest absolute Gasteiger partial charge is 0.337 e. The van der Waals surface area contributed by atoms with Crippen LogP contribution in [0.3, 0.4) is 0 Å². The number of hydrogen-bond acceptors (Lipinski definition) is 4. The van der Waals surface area contributed by atoms with E-state index < -0.39 is 16.0 Å². The largest absolute Gasteiger partial charge is 0.478 e. The van der Waals surface area contributed by atoms with E-state index in [1.165, 1.54) is 29.5 Å². The molecule has 0 aliphatic heterocycles. The van der Waals surface area contributed by atoms with Gasteiger partial charge in [0.15, 0.2) is 0 Å². The summed E-state index contributed by atoms with van der Waals surface area (Å²) in [5.74, 6) is -1.17. The van der Waals surface area contributed by atoms with Crippen molar-refractivity contribution in [2.45, 2.75) is 4.90 Å². The summed E-state index contributed by atoms with van der Waals surface area (Å²) in [5, 5.41) is 11.1. The first-order chi connectivity index (χ1) is 10.9. The Morgan fingerprint density at radius 1 is 1.17 bits per heavy atom. The molecule has 0 amide bonds. The van der Waals surface area contributed by atoms with Crippen LogP contribution in [0.2, 0.25) is 5.02 Å². The molecule has 23 heavy (non-hydrogen) atoms. The minimum atomic E-state index is -3.79. The minimum absolute atomic E-state index is 0.0344. The number of fused-ring (bicyclic) bond motifs is 1. The Labute approximate surface area is 141 Å². The molecule has 1 heterocycles. The molecule has 2 aromatic carbocycles. The Kier molecular flexibility index (Phi) is 4.01. The average Bonchev–Trinajstić information content (AvgIpc) is 2.91. The SMILES string of the molecule is O=C(O)c1ccc(NS(=O)(=O)c2csc3ccccc23)cc1Cl. The summed E-state index contributed by atoms with van der Waals surface area (Å²) in [6.07, 6.45) is 0. The third-order valence-electron chi connectivity index (χ3n) is 3.19. The molecule has 0 radical (unpaired) electrons. The summed E-state index contributed by atoms with van der Waals surface area (Å²) in [6, 6.07) is 11.1. The maximum atomic E-state index is 12.5. The lowest BCUT2D eigenvalue weighted by Gasteiger charge is -2.08. The first-order valence-electron chi connectivity index (χ1n) is 6.40. The van der Waals surface area contributed by atoms with Gasteiger partial charge in [0, 0.05) is 15.5 Å². The number of sulfonamides is 1. The van der Waals surface area contributed by atoms with E-state index >= 15 is 0 Å². The summed E-state index contributed by atoms with van der Waals surface area (Å²) in [5.41, 5.74) is 0.117. The van der Waals surface area contributed by atoms with E-state index in [1.54, 1.807) is 17.5 Å². The molecule has 3 aromatic rings. The van der Waals surface area contributed by atoms with Gasteiger partial charge >= 0.3 is 5.97 Å². The maximum absolute atomic E-state index is 12.5. The van der Waals surface area contributed by atoms with E-state index in [1.807, 2.05) is 12.1 Å². The van der Waals surface area contributed by atoms with E-state index in [2.05, 4.69) is 4.72 Å². The molecule has 0 aliphatic carbocycles. The number of carboxylic acids is 1. The molecule has 0 spiro atoms. The Hall–Kier alpha value is -2.09. The van der Waals surface area contributed by atoms with Crippen LogP contribution in [0.5, 0.6) is 0 Å². The van der Waals surface area contributed by atoms with Gasteiger partial charge in [0.2, 0.25) is 0 Å². The van der Waals surface area contributed by atoms with Crippen molar-refractivity contribution >= 4 is 54.7 Å². The highest BCUT2D eigenvalue weighted by Gasteiger charge is 2.20. The van der Waals surface area contributed by atoms with Crippen LogP contribution in [-0.2, 0) is 10.0 Å². The molecular weight excluding hydrogens is 358 g/mol. The second kappa shape index (κ2) is 5.84. The van der Waals surface area contributed by atoms with Gasteiger partial charge in [0.25, 0.3) is 10.0 Å². The van der Waals surface area contributed by atoms with E-state index in [9.17, 15) is 13.2 Å². The highest BCUT2D eigenvalue weighted by atomic mass is 35.5. The highest BCUT2D eigenvalue weighted by molar-refractivity contribution is 7.93. The van der Waals surface area contributed by atoms with Gasteiger partial charge < -0.3 is 5.11 Å². The molecule has 118 valence electrons. The van der Waals surface area contributed by atoms with E-state index in [0.29, 0.717) is 5.39 Å². The second-order valence-corrected chi connectivity index (χ2v) is 7.67. The zero-order valence-corrected chi connectivity index (χ0v) is 13.9. The fraction of sp³-hybridized carbons (Fsp3) is 0. The van der Waals surface area contributed by atoms with Gasteiger partial charge in [-0.05, 0) is 24.3 Å². The molecule has 0 aliphatic rings. The number of benzene rings is 2. The molecule has 0 bridgehead atoms. The molecule has 1 aromatic heterocycles. The molecule has 0 fully saturated rings. The second-order valence-electron chi connectivity index (χ2n) is 4.70. The number of halogens is 1. The van der Waals surface area contributed by atoms with Gasteiger partial charge in [-0.2, -0.15) is 0 Å². The summed E-state index contributed by atoms with van der Waals surface area (Å²) >= 11 is 7.20. The van der Waals surface area contributed by atoms with Gasteiger partial charge in [-0.25, -0.2) is 13.2 Å². The van der Waals surface area contributed by atoms with Crippen LogP contribution in [0.1, 0.15) is 10.4 Å². The first kappa shape index (κ1) is 15.8. The fourth-order valence-electron chi connectivity index (χ4n) is 2.12. The number of anilines is 1. The summed E-state index contributed by atoms with van der Waals surface area (Å²) in [4.78, 5) is 11.1. The zero-order valence-electron chi connectivity index (χ0n) is 11.5. The van der Waals surface area contributed by atoms with Crippen molar-refractivity contribution in [1.82, 2.24) is 0 Å². The lowest BCUT2D eigenvalue weighted by atomic mass is 10.2. The Morgan fingerprint density at radius 2 is 1.91 bits per heavy atom. The number of rotatable bonds is 4. The van der Waals surface area contributed by atoms with Crippen LogP contribution in [0, 0.1) is 0 Å². The lowest BCUT2D eigenvalue weighted by Crippen LogP contribution is -2.12. The molecule has 0 unspecified atom stereocenters. The van der Waals surface area contributed by atoms with Gasteiger partial charge in [-0.3, -0.25) is 4.72 Å². The number of nitrogens with one attached hydrogen (secondary N) is 1. The fourth-order valence-corrected chi connectivity index (χ4v) is 4.94. The van der Waals surface area contributed by atoms with Crippen LogP contribution in [-0.4, -0.2) is 19.5 Å². The van der Waals surface area contributed by atoms with Gasteiger partial charge in [-0.15, -0.1) is 11.3 Å². The maximum Gasteiger partial charge on any atom is 0.337 e. The predicted octanol–water partition coefficient (Wildman–Crippen LogP) is 4.05. The van der Waals surface area contributed by atoms with Gasteiger partial charge in [0.1, 0.15) is 4.90 Å². The third-order valence-corrected chi connectivity index (χ3v) is 6.03. The van der Waals surface area contributed by atoms with Gasteiger partial charge in [-0.1, -0.05) is 29.8 Å². The number of thiophene rings is 1. The molecule has 0 saturated carbocycles. The van der Waals surface area contributed by atoms with Crippen LogP contribution in [0.15, 0.2) is 52.7 Å². The van der Waals surface area contributed by atoms with E-state index in [-0.39, 0.29) is 21.2 Å². The quantitative estimate of drug-likeness (QED) is 0.728. The Bertz CT molecular complexity index is 1010. The van der Waals surface area contributed by atoms with Gasteiger partial charge in [0.05, 0.1) is 16.3 Å². The van der Waals surface area contributed by atoms with Crippen molar-refractivity contribution in [3.05, 3.63) is 58.4 Å². The van der Waals surface area contributed by atoms with Crippen LogP contribution < -0.4 is 4.72 Å². The van der Waals surface area contributed by atoms with E-state index in [0.717, 1.165) is 4.70 Å². The highest BCUT2D eigenvalue weighted by Crippen LogP contribution is 2.31. The zero-order chi connectivity index (χ0) is 16.6. The molecule has 5 nitrogen and oxygen atoms in total. The predicted molar refractivity (Wildman–Crippen MR) is 91.0 cm³/mol. The summed E-state index contributed by atoms with van der Waals surface area (Å²) < 4.78 is 28.4. The summed E-state index contributed by atoms with van der Waals surface area (Å²) in [7, 11) is -3.79. The molecular formula is C15H10ClNO4S2. The molecule has 2 N–H and O–H groups in total. The van der Waals surface area contributed by atoms with Crippen LogP contribution >= 0.6 is 22.9 Å². The van der Waals surface area contributed by atoms with Crippen LogP contribution in [0.4, 0.5) is 5.69 Å². The third kappa shape index (κ3) is 3.03. The number of carboxylic acid groups (broad SMARTS) is 1.